The Balaban J connectivity index is 1.74. The molecule has 0 aliphatic rings. The van der Waals surface area contributed by atoms with E-state index in [1.54, 1.807) is 34.0 Å². The Bertz CT molecular complexity index is 2010. The Hall–Kier alpha value is -2.30. The molecular formula is C22H10N4S5. The van der Waals surface area contributed by atoms with Gasteiger partial charge in [-0.2, -0.15) is 0 Å². The van der Waals surface area contributed by atoms with Crippen LogP contribution in [0.2, 0.25) is 0 Å². The van der Waals surface area contributed by atoms with Crippen molar-refractivity contribution in [1.29, 1.82) is 0 Å². The number of hydrogen-bond acceptors (Lipinski definition) is 7. The third-order valence-corrected chi connectivity index (χ3v) is 9.94. The molecule has 0 spiro atoms. The van der Waals surface area contributed by atoms with Gasteiger partial charge in [0.1, 0.15) is 18.9 Å². The first-order valence-corrected chi connectivity index (χ1v) is 13.0. The molecule has 7 heterocycles. The molecule has 0 saturated heterocycles. The summed E-state index contributed by atoms with van der Waals surface area (Å²) in [4.78, 5) is 14.6. The van der Waals surface area contributed by atoms with E-state index in [2.05, 4.69) is 46.9 Å². The van der Waals surface area contributed by atoms with Crippen LogP contribution in [0.5, 0.6) is 0 Å². The molecule has 4 nitrogen and oxygen atoms in total. The van der Waals surface area contributed by atoms with Gasteiger partial charge in [-0.05, 0) is 26.0 Å². The zero-order chi connectivity index (χ0) is 20.8. The summed E-state index contributed by atoms with van der Waals surface area (Å²) in [5, 5.41) is 4.53. The molecule has 0 aliphatic carbocycles. The van der Waals surface area contributed by atoms with Crippen molar-refractivity contribution in [3.63, 3.8) is 0 Å². The number of pyridine rings is 2. The van der Waals surface area contributed by atoms with E-state index in [9.17, 15) is 0 Å². The van der Waals surface area contributed by atoms with Crippen LogP contribution in [0.1, 0.15) is 9.75 Å². The average molecular weight is 491 g/mol. The molecule has 0 bridgehead atoms. The highest BCUT2D eigenvalue weighted by Crippen LogP contribution is 2.46. The van der Waals surface area contributed by atoms with E-state index in [0.29, 0.717) is 0 Å². The van der Waals surface area contributed by atoms with Gasteiger partial charge in [0.2, 0.25) is 0 Å². The van der Waals surface area contributed by atoms with Crippen molar-refractivity contribution in [3.05, 3.63) is 43.3 Å². The first kappa shape index (κ1) is 17.3. The number of aromatic nitrogens is 4. The Morgan fingerprint density at radius 3 is 1.61 bits per heavy atom. The van der Waals surface area contributed by atoms with Gasteiger partial charge in [0.25, 0.3) is 0 Å². The molecule has 9 heteroatoms. The number of hydrogen-bond donors (Lipinski definition) is 0. The lowest BCUT2D eigenvalue weighted by atomic mass is 10.1. The van der Waals surface area contributed by atoms with E-state index in [1.807, 2.05) is 0 Å². The number of fused-ring (bicyclic) bond motifs is 8. The lowest BCUT2D eigenvalue weighted by molar-refractivity contribution is 1.23. The molecule has 0 atom stereocenters. The summed E-state index contributed by atoms with van der Waals surface area (Å²) in [5.41, 5.74) is 4.09. The van der Waals surface area contributed by atoms with Crippen molar-refractivity contribution in [2.24, 2.45) is 0 Å². The second-order valence-corrected chi connectivity index (χ2v) is 12.2. The van der Waals surface area contributed by atoms with Gasteiger partial charge in [-0.25, -0.2) is 9.97 Å². The molecular weight excluding hydrogens is 481 g/mol. The largest absolute Gasteiger partial charge is 0.280 e. The van der Waals surface area contributed by atoms with Gasteiger partial charge in [-0.3, -0.25) is 8.80 Å². The Kier molecular flexibility index (Phi) is 2.99. The summed E-state index contributed by atoms with van der Waals surface area (Å²) in [6.45, 7) is 4.23. The maximum absolute atomic E-state index is 5.99. The maximum Gasteiger partial charge on any atom is 0.158 e. The molecule has 0 saturated carbocycles. The van der Waals surface area contributed by atoms with Crippen LogP contribution in [0.4, 0.5) is 0 Å². The van der Waals surface area contributed by atoms with Crippen molar-refractivity contribution < 1.29 is 0 Å². The number of rotatable bonds is 0. The van der Waals surface area contributed by atoms with Gasteiger partial charge >= 0.3 is 0 Å². The molecule has 7 aromatic heterocycles. The molecule has 31 heavy (non-hydrogen) atoms. The molecule has 8 aromatic rings. The molecule has 1 aromatic carbocycles. The zero-order valence-corrected chi connectivity index (χ0v) is 20.2. The summed E-state index contributed by atoms with van der Waals surface area (Å²) in [6.07, 6.45) is 0. The molecule has 0 amide bonds. The van der Waals surface area contributed by atoms with E-state index in [1.165, 1.54) is 20.5 Å². The topological polar surface area (TPSA) is 34.6 Å². The average Bonchev–Trinajstić information content (AvgIpc) is 3.49. The number of nitrogens with zero attached hydrogens (tertiary/aromatic N) is 4. The number of imidazole rings is 2. The summed E-state index contributed by atoms with van der Waals surface area (Å²) in [5.74, 6) is 0. The standard InChI is InChI=1S/C22H10N4S5/c1-7-5-11-19(29-7)23-17-15-13-9(21(27)25(11)17)3-4-10-14(13)16(31-15)18-24-20-12(6-8(2)30-20)26(18)22(10)28/h3-6H,1-2H3. The summed E-state index contributed by atoms with van der Waals surface area (Å²) >= 11 is 17.2. The fourth-order valence-corrected chi connectivity index (χ4v) is 8.61. The van der Waals surface area contributed by atoms with Crippen LogP contribution < -0.4 is 0 Å². The Morgan fingerprint density at radius 1 is 0.710 bits per heavy atom. The van der Waals surface area contributed by atoms with E-state index in [-0.39, 0.29) is 0 Å². The first-order valence-electron chi connectivity index (χ1n) is 9.68. The van der Waals surface area contributed by atoms with Crippen LogP contribution in [0.15, 0.2) is 24.3 Å². The van der Waals surface area contributed by atoms with E-state index < -0.39 is 0 Å². The van der Waals surface area contributed by atoms with Crippen LogP contribution in [-0.4, -0.2) is 18.8 Å². The SMILES string of the molecule is Cc1cc2c(nc3c4sc5c6c(ccc(c(=S)n23)c46)c(=S)n2c3cc(C)sc3nc52)s1. The predicted octanol–water partition coefficient (Wildman–Crippen LogP) is 7.88. The Labute approximate surface area is 196 Å². The quantitative estimate of drug-likeness (QED) is 0.160. The van der Waals surface area contributed by atoms with Crippen LogP contribution in [0.25, 0.3) is 62.9 Å². The third-order valence-electron chi connectivity index (χ3n) is 6.09. The second kappa shape index (κ2) is 5.36. The van der Waals surface area contributed by atoms with E-state index >= 15 is 0 Å². The van der Waals surface area contributed by atoms with Crippen LogP contribution in [0.3, 0.4) is 0 Å². The van der Waals surface area contributed by atoms with Crippen LogP contribution in [0, 0.1) is 23.1 Å². The summed E-state index contributed by atoms with van der Waals surface area (Å²) < 4.78 is 8.25. The zero-order valence-electron chi connectivity index (χ0n) is 16.1. The van der Waals surface area contributed by atoms with Crippen LogP contribution >= 0.6 is 58.4 Å². The van der Waals surface area contributed by atoms with Crippen molar-refractivity contribution in [2.75, 3.05) is 0 Å². The smallest absolute Gasteiger partial charge is 0.158 e. The van der Waals surface area contributed by atoms with Crippen molar-refractivity contribution in [3.8, 4) is 0 Å². The lowest BCUT2D eigenvalue weighted by Gasteiger charge is -2.06. The molecule has 8 rings (SSSR count). The molecule has 0 aliphatic heterocycles. The highest BCUT2D eigenvalue weighted by Gasteiger charge is 2.24. The van der Waals surface area contributed by atoms with Crippen molar-refractivity contribution in [1.82, 2.24) is 18.8 Å². The van der Waals surface area contributed by atoms with Gasteiger partial charge in [-0.15, -0.1) is 34.0 Å². The minimum absolute atomic E-state index is 0.815. The maximum atomic E-state index is 5.99. The van der Waals surface area contributed by atoms with Gasteiger partial charge in [0, 0.05) is 31.3 Å². The highest BCUT2D eigenvalue weighted by molar-refractivity contribution is 7.72. The molecule has 148 valence electrons. The third kappa shape index (κ3) is 1.88. The van der Waals surface area contributed by atoms with E-state index in [4.69, 9.17) is 34.4 Å². The summed E-state index contributed by atoms with van der Waals surface area (Å²) in [6, 6.07) is 8.64. The number of thiophene rings is 3. The fourth-order valence-electron chi connectivity index (χ4n) is 4.88. The fraction of sp³-hybridized carbons (Fsp3) is 0.0909. The minimum atomic E-state index is 0.815. The lowest BCUT2D eigenvalue weighted by Crippen LogP contribution is -1.92. The molecule has 0 unspecified atom stereocenters. The predicted molar refractivity (Wildman–Crippen MR) is 139 cm³/mol. The van der Waals surface area contributed by atoms with E-state index in [0.717, 1.165) is 61.4 Å². The molecule has 0 N–H and O–H groups in total. The number of aryl methyl sites for hydroxylation is 2. The normalized spacial score (nSPS) is 13.1. The number of benzene rings is 1. The first-order chi connectivity index (χ1) is 15.0. The summed E-state index contributed by atoms with van der Waals surface area (Å²) in [7, 11) is 0. The van der Waals surface area contributed by atoms with Gasteiger partial charge in [-0.1, -0.05) is 36.6 Å². The highest BCUT2D eigenvalue weighted by atomic mass is 32.1. The molecule has 0 radical (unpaired) electrons. The Morgan fingerprint density at radius 2 is 1.16 bits per heavy atom. The minimum Gasteiger partial charge on any atom is -0.280 e. The van der Waals surface area contributed by atoms with Crippen molar-refractivity contribution in [2.45, 2.75) is 13.8 Å². The van der Waals surface area contributed by atoms with Gasteiger partial charge < -0.3 is 0 Å². The van der Waals surface area contributed by atoms with Crippen molar-refractivity contribution >= 4 is 121 Å². The van der Waals surface area contributed by atoms with Crippen LogP contribution in [-0.2, 0) is 0 Å². The van der Waals surface area contributed by atoms with Gasteiger partial charge in [0.15, 0.2) is 11.3 Å². The second-order valence-electron chi connectivity index (χ2n) is 7.92. The molecule has 0 fully saturated rings. The monoisotopic (exact) mass is 490 g/mol. The van der Waals surface area contributed by atoms with Gasteiger partial charge in [0.05, 0.1) is 20.4 Å².